The average molecular weight is 376 g/mol. The smallest absolute Gasteiger partial charge is 0.209 e. The number of aromatic nitrogens is 4. The predicted octanol–water partition coefficient (Wildman–Crippen LogP) is 4.53. The Labute approximate surface area is 161 Å². The van der Waals surface area contributed by atoms with Gasteiger partial charge in [0.05, 0.1) is 5.52 Å². The molecule has 4 rings (SSSR count). The van der Waals surface area contributed by atoms with Gasteiger partial charge in [-0.05, 0) is 44.0 Å². The lowest BCUT2D eigenvalue weighted by Crippen LogP contribution is -2.06. The highest BCUT2D eigenvalue weighted by atomic mass is 32.2. The first-order valence-corrected chi connectivity index (χ1v) is 9.73. The van der Waals surface area contributed by atoms with E-state index in [-0.39, 0.29) is 5.43 Å². The van der Waals surface area contributed by atoms with Gasteiger partial charge in [0.2, 0.25) is 5.16 Å². The summed E-state index contributed by atoms with van der Waals surface area (Å²) in [5.74, 6) is 1.35. The van der Waals surface area contributed by atoms with Crippen molar-refractivity contribution in [3.8, 4) is 11.4 Å². The summed E-state index contributed by atoms with van der Waals surface area (Å²) in [5, 5.41) is 8.67. The van der Waals surface area contributed by atoms with E-state index in [0.29, 0.717) is 10.9 Å². The Kier molecular flexibility index (Phi) is 4.58. The maximum Gasteiger partial charge on any atom is 0.209 e. The Morgan fingerprint density at radius 1 is 1.04 bits per heavy atom. The van der Waals surface area contributed by atoms with E-state index in [0.717, 1.165) is 39.1 Å². The second kappa shape index (κ2) is 7.04. The Morgan fingerprint density at radius 2 is 1.89 bits per heavy atom. The van der Waals surface area contributed by atoms with Crippen LogP contribution in [0, 0.1) is 20.8 Å². The van der Waals surface area contributed by atoms with Crippen LogP contribution in [-0.4, -0.2) is 20.2 Å². The molecule has 0 atom stereocenters. The van der Waals surface area contributed by atoms with Gasteiger partial charge in [-0.15, -0.1) is 5.10 Å². The van der Waals surface area contributed by atoms with Gasteiger partial charge >= 0.3 is 0 Å². The lowest BCUT2D eigenvalue weighted by molar-refractivity contribution is 0.972. The van der Waals surface area contributed by atoms with Crippen LogP contribution in [0.1, 0.15) is 22.4 Å². The van der Waals surface area contributed by atoms with Crippen molar-refractivity contribution in [1.29, 1.82) is 0 Å². The molecule has 0 aliphatic carbocycles. The molecule has 2 N–H and O–H groups in total. The summed E-state index contributed by atoms with van der Waals surface area (Å²) >= 11 is 1.50. The molecule has 0 aliphatic rings. The lowest BCUT2D eigenvalue weighted by Gasteiger charge is -2.07. The number of nitrogens with zero attached hydrogens (tertiary/aromatic N) is 2. The molecule has 2 aromatic carbocycles. The summed E-state index contributed by atoms with van der Waals surface area (Å²) in [6, 6.07) is 13.8. The molecule has 0 saturated carbocycles. The van der Waals surface area contributed by atoms with Crippen LogP contribution in [-0.2, 0) is 5.75 Å². The summed E-state index contributed by atoms with van der Waals surface area (Å²) < 4.78 is 0. The molecule has 0 unspecified atom stereocenters. The quantitative estimate of drug-likeness (QED) is 0.513. The molecule has 0 radical (unpaired) electrons. The van der Waals surface area contributed by atoms with Crippen LogP contribution < -0.4 is 5.43 Å². The number of aromatic amines is 2. The minimum absolute atomic E-state index is 0.0431. The maximum absolute atomic E-state index is 12.5. The van der Waals surface area contributed by atoms with Gasteiger partial charge in [-0.25, -0.2) is 4.98 Å². The number of thioether (sulfide) groups is 1. The van der Waals surface area contributed by atoms with Gasteiger partial charge in [0.25, 0.3) is 0 Å². The van der Waals surface area contributed by atoms with E-state index in [4.69, 9.17) is 0 Å². The third kappa shape index (κ3) is 3.66. The van der Waals surface area contributed by atoms with Gasteiger partial charge in [0, 0.05) is 28.5 Å². The van der Waals surface area contributed by atoms with Crippen molar-refractivity contribution in [3.05, 3.63) is 75.1 Å². The van der Waals surface area contributed by atoms with Crippen LogP contribution in [0.4, 0.5) is 0 Å². The SMILES string of the molecule is Cc1cccc(-c2nc(SCc3cc(=O)c4cc(C)cc(C)c4[nH]3)n[nH]2)c1. The molecule has 0 bridgehead atoms. The molecule has 27 heavy (non-hydrogen) atoms. The molecule has 5 nitrogen and oxygen atoms in total. The monoisotopic (exact) mass is 376 g/mol. The van der Waals surface area contributed by atoms with Gasteiger partial charge in [-0.3, -0.25) is 9.89 Å². The van der Waals surface area contributed by atoms with Crippen LogP contribution in [0.15, 0.2) is 52.4 Å². The lowest BCUT2D eigenvalue weighted by atomic mass is 10.1. The minimum atomic E-state index is 0.0431. The van der Waals surface area contributed by atoms with Crippen LogP contribution in [0.3, 0.4) is 0 Å². The van der Waals surface area contributed by atoms with Crippen molar-refractivity contribution in [2.75, 3.05) is 0 Å². The summed E-state index contributed by atoms with van der Waals surface area (Å²) in [6.45, 7) is 6.07. The number of aryl methyl sites for hydroxylation is 3. The first-order chi connectivity index (χ1) is 13.0. The highest BCUT2D eigenvalue weighted by molar-refractivity contribution is 7.98. The normalized spacial score (nSPS) is 11.2. The van der Waals surface area contributed by atoms with Crippen molar-refractivity contribution in [3.63, 3.8) is 0 Å². The zero-order valence-electron chi connectivity index (χ0n) is 15.5. The van der Waals surface area contributed by atoms with E-state index in [9.17, 15) is 4.79 Å². The molecule has 136 valence electrons. The molecular formula is C21H20N4OS. The Hall–Kier alpha value is -2.86. The van der Waals surface area contributed by atoms with E-state index in [1.54, 1.807) is 6.07 Å². The molecule has 2 heterocycles. The Bertz CT molecular complexity index is 1190. The Morgan fingerprint density at radius 3 is 2.70 bits per heavy atom. The average Bonchev–Trinajstić information content (AvgIpc) is 3.10. The first-order valence-electron chi connectivity index (χ1n) is 8.75. The van der Waals surface area contributed by atoms with Crippen molar-refractivity contribution < 1.29 is 0 Å². The highest BCUT2D eigenvalue weighted by Gasteiger charge is 2.09. The van der Waals surface area contributed by atoms with Gasteiger partial charge < -0.3 is 4.98 Å². The van der Waals surface area contributed by atoms with Crippen molar-refractivity contribution in [1.82, 2.24) is 20.2 Å². The van der Waals surface area contributed by atoms with Crippen LogP contribution in [0.5, 0.6) is 0 Å². The molecule has 4 aromatic rings. The summed E-state index contributed by atoms with van der Waals surface area (Å²) in [5.41, 5.74) is 6.18. The van der Waals surface area contributed by atoms with Gasteiger partial charge in [0.15, 0.2) is 11.3 Å². The van der Waals surface area contributed by atoms with Crippen LogP contribution in [0.2, 0.25) is 0 Å². The molecule has 2 aromatic heterocycles. The number of H-pyrrole nitrogens is 2. The molecular weight excluding hydrogens is 356 g/mol. The molecule has 0 aliphatic heterocycles. The second-order valence-corrected chi connectivity index (χ2v) is 7.73. The van der Waals surface area contributed by atoms with Crippen molar-refractivity contribution in [2.24, 2.45) is 0 Å². The van der Waals surface area contributed by atoms with Gasteiger partial charge in [-0.1, -0.05) is 41.6 Å². The molecule has 6 heteroatoms. The zero-order valence-corrected chi connectivity index (χ0v) is 16.3. The maximum atomic E-state index is 12.5. The van der Waals surface area contributed by atoms with E-state index in [1.165, 1.54) is 17.3 Å². The highest BCUT2D eigenvalue weighted by Crippen LogP contribution is 2.23. The fraction of sp³-hybridized carbons (Fsp3) is 0.190. The third-order valence-electron chi connectivity index (χ3n) is 4.45. The van der Waals surface area contributed by atoms with E-state index in [2.05, 4.69) is 45.3 Å². The molecule has 0 amide bonds. The van der Waals surface area contributed by atoms with E-state index < -0.39 is 0 Å². The topological polar surface area (TPSA) is 74.4 Å². The van der Waals surface area contributed by atoms with Crippen LogP contribution in [0.25, 0.3) is 22.3 Å². The van der Waals surface area contributed by atoms with Crippen molar-refractivity contribution in [2.45, 2.75) is 31.7 Å². The van der Waals surface area contributed by atoms with E-state index in [1.807, 2.05) is 32.0 Å². The summed E-state index contributed by atoms with van der Waals surface area (Å²) in [4.78, 5) is 20.4. The van der Waals surface area contributed by atoms with Crippen molar-refractivity contribution >= 4 is 22.7 Å². The fourth-order valence-corrected chi connectivity index (χ4v) is 3.92. The summed E-state index contributed by atoms with van der Waals surface area (Å²) in [7, 11) is 0. The third-order valence-corrected chi connectivity index (χ3v) is 5.35. The largest absolute Gasteiger partial charge is 0.357 e. The van der Waals surface area contributed by atoms with Gasteiger partial charge in [-0.2, -0.15) is 0 Å². The number of nitrogens with one attached hydrogen (secondary N) is 2. The number of pyridine rings is 1. The number of hydrogen-bond donors (Lipinski definition) is 2. The fourth-order valence-electron chi connectivity index (χ4n) is 3.21. The summed E-state index contributed by atoms with van der Waals surface area (Å²) in [6.07, 6.45) is 0. The standard InChI is InChI=1S/C21H20N4OS/c1-12-5-4-6-15(8-12)20-23-21(25-24-20)27-11-16-10-18(26)17-9-13(2)7-14(3)19(17)22-16/h4-10H,11H2,1-3H3,(H,22,26)(H,23,24,25). The molecule has 0 saturated heterocycles. The van der Waals surface area contributed by atoms with E-state index >= 15 is 0 Å². The first kappa shape index (κ1) is 17.5. The number of fused-ring (bicyclic) bond motifs is 1. The molecule has 0 fully saturated rings. The number of rotatable bonds is 4. The Balaban J connectivity index is 1.57. The molecule has 0 spiro atoms. The number of benzene rings is 2. The second-order valence-electron chi connectivity index (χ2n) is 6.79. The van der Waals surface area contributed by atoms with Crippen LogP contribution >= 0.6 is 11.8 Å². The predicted molar refractivity (Wildman–Crippen MR) is 110 cm³/mol. The van der Waals surface area contributed by atoms with Gasteiger partial charge in [0.1, 0.15) is 0 Å². The zero-order chi connectivity index (χ0) is 19.0. The number of hydrogen-bond acceptors (Lipinski definition) is 4. The minimum Gasteiger partial charge on any atom is -0.357 e.